The van der Waals surface area contributed by atoms with E-state index in [1.165, 1.54) is 7.11 Å². The van der Waals surface area contributed by atoms with E-state index in [1.807, 2.05) is 48.5 Å². The highest BCUT2D eigenvalue weighted by Gasteiger charge is 2.17. The van der Waals surface area contributed by atoms with Crippen LogP contribution in [0, 0.1) is 0 Å². The second-order valence-corrected chi connectivity index (χ2v) is 6.13. The Kier molecular flexibility index (Phi) is 7.48. The van der Waals surface area contributed by atoms with Gasteiger partial charge in [-0.25, -0.2) is 0 Å². The topological polar surface area (TPSA) is 46.6 Å². The molecule has 0 radical (unpaired) electrons. The van der Waals surface area contributed by atoms with Crippen LogP contribution in [0.2, 0.25) is 5.02 Å². The Balaban J connectivity index is 2.03. The normalized spacial score (nSPS) is 10.3. The molecule has 4 nitrogen and oxygen atoms in total. The standard InChI is InChI=1S/C20H22ClNO3/c1-25-20(24)13-14-22(15-17-9-5-6-10-18(17)21)19(23)12-11-16-7-3-2-4-8-16/h2-10H,11-15H2,1H3. The van der Waals surface area contributed by atoms with Crippen molar-refractivity contribution in [2.45, 2.75) is 25.8 Å². The molecule has 132 valence electrons. The predicted molar refractivity (Wildman–Crippen MR) is 98.3 cm³/mol. The molecule has 0 aromatic heterocycles. The number of nitrogens with zero attached hydrogens (tertiary/aromatic N) is 1. The van der Waals surface area contributed by atoms with Crippen LogP contribution in [0.5, 0.6) is 0 Å². The first kappa shape index (κ1) is 19.0. The summed E-state index contributed by atoms with van der Waals surface area (Å²) in [4.78, 5) is 25.8. The molecule has 0 aliphatic rings. The largest absolute Gasteiger partial charge is 0.469 e. The van der Waals surface area contributed by atoms with Crippen molar-refractivity contribution in [3.8, 4) is 0 Å². The summed E-state index contributed by atoms with van der Waals surface area (Å²) in [7, 11) is 1.35. The second-order valence-electron chi connectivity index (χ2n) is 5.72. The van der Waals surface area contributed by atoms with E-state index in [2.05, 4.69) is 4.74 Å². The van der Waals surface area contributed by atoms with Gasteiger partial charge < -0.3 is 9.64 Å². The molecule has 0 aliphatic heterocycles. The number of ether oxygens (including phenoxy) is 1. The minimum Gasteiger partial charge on any atom is -0.469 e. The van der Waals surface area contributed by atoms with Crippen molar-refractivity contribution in [1.82, 2.24) is 4.90 Å². The Labute approximate surface area is 153 Å². The molecule has 5 heteroatoms. The van der Waals surface area contributed by atoms with Gasteiger partial charge in [0.05, 0.1) is 13.5 Å². The number of methoxy groups -OCH3 is 1. The first-order chi connectivity index (χ1) is 12.1. The van der Waals surface area contributed by atoms with Gasteiger partial charge in [0.2, 0.25) is 5.91 Å². The molecule has 2 aromatic rings. The van der Waals surface area contributed by atoms with Crippen molar-refractivity contribution < 1.29 is 14.3 Å². The zero-order valence-corrected chi connectivity index (χ0v) is 15.0. The lowest BCUT2D eigenvalue weighted by molar-refractivity contribution is -0.141. The van der Waals surface area contributed by atoms with E-state index in [0.29, 0.717) is 31.0 Å². The lowest BCUT2D eigenvalue weighted by Crippen LogP contribution is -2.33. The Morgan fingerprint density at radius 1 is 1.00 bits per heavy atom. The third kappa shape index (κ3) is 6.24. The van der Waals surface area contributed by atoms with Crippen LogP contribution in [0.25, 0.3) is 0 Å². The van der Waals surface area contributed by atoms with E-state index in [0.717, 1.165) is 11.1 Å². The van der Waals surface area contributed by atoms with Gasteiger partial charge in [0.1, 0.15) is 0 Å². The second kappa shape index (κ2) is 9.84. The Morgan fingerprint density at radius 3 is 2.36 bits per heavy atom. The SMILES string of the molecule is COC(=O)CCN(Cc1ccccc1Cl)C(=O)CCc1ccccc1. The zero-order valence-electron chi connectivity index (χ0n) is 14.3. The van der Waals surface area contributed by atoms with E-state index >= 15 is 0 Å². The summed E-state index contributed by atoms with van der Waals surface area (Å²) in [6.45, 7) is 0.690. The molecule has 0 heterocycles. The van der Waals surface area contributed by atoms with Gasteiger partial charge >= 0.3 is 5.97 Å². The van der Waals surface area contributed by atoms with Crippen molar-refractivity contribution in [2.75, 3.05) is 13.7 Å². The summed E-state index contributed by atoms with van der Waals surface area (Å²) in [5.74, 6) is -0.340. The number of halogens is 1. The summed E-state index contributed by atoms with van der Waals surface area (Å²) in [6.07, 6.45) is 1.21. The number of carbonyl (C=O) groups excluding carboxylic acids is 2. The Bertz CT molecular complexity index is 703. The minimum absolute atomic E-state index is 0.00678. The first-order valence-corrected chi connectivity index (χ1v) is 8.60. The monoisotopic (exact) mass is 359 g/mol. The van der Waals surface area contributed by atoms with Crippen LogP contribution in [0.15, 0.2) is 54.6 Å². The van der Waals surface area contributed by atoms with Crippen molar-refractivity contribution in [3.05, 3.63) is 70.7 Å². The number of carbonyl (C=O) groups is 2. The van der Waals surface area contributed by atoms with E-state index in [9.17, 15) is 9.59 Å². The predicted octanol–water partition coefficient (Wildman–Crippen LogP) is 3.86. The van der Waals surface area contributed by atoms with Gasteiger partial charge in [-0.1, -0.05) is 60.1 Å². The van der Waals surface area contributed by atoms with Crippen molar-refractivity contribution in [3.63, 3.8) is 0 Å². The minimum atomic E-state index is -0.333. The fourth-order valence-electron chi connectivity index (χ4n) is 2.51. The van der Waals surface area contributed by atoms with E-state index in [1.54, 1.807) is 11.0 Å². The molecule has 25 heavy (non-hydrogen) atoms. The smallest absolute Gasteiger partial charge is 0.307 e. The first-order valence-electron chi connectivity index (χ1n) is 8.22. The molecule has 0 N–H and O–H groups in total. The van der Waals surface area contributed by atoms with Crippen LogP contribution in [0.3, 0.4) is 0 Å². The average molecular weight is 360 g/mol. The molecule has 0 fully saturated rings. The van der Waals surface area contributed by atoms with E-state index in [4.69, 9.17) is 11.6 Å². The number of rotatable bonds is 8. The molecule has 0 atom stereocenters. The number of amides is 1. The lowest BCUT2D eigenvalue weighted by Gasteiger charge is -2.23. The Morgan fingerprint density at radius 2 is 1.68 bits per heavy atom. The quantitative estimate of drug-likeness (QED) is 0.672. The van der Waals surface area contributed by atoms with Crippen molar-refractivity contribution in [2.24, 2.45) is 0 Å². The molecule has 2 aromatic carbocycles. The van der Waals surface area contributed by atoms with Gasteiger partial charge in [-0.15, -0.1) is 0 Å². The summed E-state index contributed by atoms with van der Waals surface area (Å²) in [5, 5.41) is 0.612. The molecule has 0 bridgehead atoms. The summed E-state index contributed by atoms with van der Waals surface area (Å²) < 4.78 is 4.68. The van der Waals surface area contributed by atoms with Gasteiger partial charge in [0, 0.05) is 24.5 Å². The third-order valence-corrected chi connectivity index (χ3v) is 4.32. The molecular weight excluding hydrogens is 338 g/mol. The molecule has 1 amide bonds. The molecule has 0 saturated carbocycles. The van der Waals surface area contributed by atoms with Crippen LogP contribution >= 0.6 is 11.6 Å². The van der Waals surface area contributed by atoms with Gasteiger partial charge in [-0.05, 0) is 23.6 Å². The highest BCUT2D eigenvalue weighted by molar-refractivity contribution is 6.31. The lowest BCUT2D eigenvalue weighted by atomic mass is 10.1. The fraction of sp³-hybridized carbons (Fsp3) is 0.300. The van der Waals surface area contributed by atoms with Gasteiger partial charge in [-0.3, -0.25) is 9.59 Å². The molecule has 0 aliphatic carbocycles. The molecule has 2 rings (SSSR count). The Hall–Kier alpha value is -2.33. The number of esters is 1. The van der Waals surface area contributed by atoms with Crippen LogP contribution in [0.4, 0.5) is 0 Å². The van der Waals surface area contributed by atoms with E-state index in [-0.39, 0.29) is 18.3 Å². The van der Waals surface area contributed by atoms with Gasteiger partial charge in [0.15, 0.2) is 0 Å². The highest BCUT2D eigenvalue weighted by Crippen LogP contribution is 2.18. The molecule has 0 spiro atoms. The molecule has 0 unspecified atom stereocenters. The number of hydrogen-bond donors (Lipinski definition) is 0. The van der Waals surface area contributed by atoms with Crippen LogP contribution in [-0.4, -0.2) is 30.4 Å². The zero-order chi connectivity index (χ0) is 18.1. The van der Waals surface area contributed by atoms with E-state index < -0.39 is 0 Å². The van der Waals surface area contributed by atoms with Gasteiger partial charge in [-0.2, -0.15) is 0 Å². The molecular formula is C20H22ClNO3. The average Bonchev–Trinajstić information content (AvgIpc) is 2.65. The van der Waals surface area contributed by atoms with Crippen LogP contribution in [-0.2, 0) is 27.3 Å². The maximum absolute atomic E-state index is 12.7. The maximum atomic E-state index is 12.7. The third-order valence-electron chi connectivity index (χ3n) is 3.96. The highest BCUT2D eigenvalue weighted by atomic mass is 35.5. The van der Waals surface area contributed by atoms with Crippen molar-refractivity contribution >= 4 is 23.5 Å². The van der Waals surface area contributed by atoms with Crippen molar-refractivity contribution in [1.29, 1.82) is 0 Å². The van der Waals surface area contributed by atoms with Gasteiger partial charge in [0.25, 0.3) is 0 Å². The number of benzene rings is 2. The van der Waals surface area contributed by atoms with Crippen LogP contribution in [0.1, 0.15) is 24.0 Å². The summed E-state index contributed by atoms with van der Waals surface area (Å²) in [6, 6.07) is 17.3. The molecule has 0 saturated heterocycles. The van der Waals surface area contributed by atoms with Crippen LogP contribution < -0.4 is 0 Å². The number of aryl methyl sites for hydroxylation is 1. The fourth-order valence-corrected chi connectivity index (χ4v) is 2.70. The maximum Gasteiger partial charge on any atom is 0.307 e. The summed E-state index contributed by atoms with van der Waals surface area (Å²) >= 11 is 6.21. The number of hydrogen-bond acceptors (Lipinski definition) is 3. The summed E-state index contributed by atoms with van der Waals surface area (Å²) in [5.41, 5.74) is 1.98.